The zero-order valence-electron chi connectivity index (χ0n) is 11.4. The molecule has 3 unspecified atom stereocenters. The van der Waals surface area contributed by atoms with Crippen LogP contribution >= 0.6 is 15.9 Å². The normalized spacial score (nSPS) is 27.0. The summed E-state index contributed by atoms with van der Waals surface area (Å²) in [5, 5.41) is 3.13. The third-order valence-corrected chi connectivity index (χ3v) is 5.09. The Labute approximate surface area is 123 Å². The second-order valence-corrected chi connectivity index (χ2v) is 6.44. The first-order valence-corrected chi connectivity index (χ1v) is 7.63. The molecule has 3 atom stereocenters. The van der Waals surface area contributed by atoms with Crippen LogP contribution in [0.5, 0.6) is 0 Å². The molecule has 1 saturated carbocycles. The fourth-order valence-corrected chi connectivity index (χ4v) is 3.11. The van der Waals surface area contributed by atoms with Crippen molar-refractivity contribution in [3.8, 4) is 0 Å². The predicted octanol–water partition coefficient (Wildman–Crippen LogP) is 3.59. The molecule has 19 heavy (non-hydrogen) atoms. The first-order chi connectivity index (χ1) is 8.99. The summed E-state index contributed by atoms with van der Waals surface area (Å²) in [7, 11) is 0. The van der Waals surface area contributed by atoms with E-state index in [4.69, 9.17) is 5.73 Å². The molecule has 0 heterocycles. The minimum absolute atomic E-state index is 0.0362. The summed E-state index contributed by atoms with van der Waals surface area (Å²) in [6.45, 7) is 4.55. The van der Waals surface area contributed by atoms with Crippen LogP contribution in [-0.4, -0.2) is 11.9 Å². The highest BCUT2D eigenvalue weighted by molar-refractivity contribution is 9.10. The summed E-state index contributed by atoms with van der Waals surface area (Å²) < 4.78 is 0.685. The molecule has 0 spiro atoms. The topological polar surface area (TPSA) is 55.1 Å². The van der Waals surface area contributed by atoms with Gasteiger partial charge in [-0.3, -0.25) is 4.79 Å². The number of hydrogen-bond donors (Lipinski definition) is 2. The zero-order chi connectivity index (χ0) is 14.0. The molecule has 1 aromatic carbocycles. The largest absolute Gasteiger partial charge is 0.398 e. The van der Waals surface area contributed by atoms with Gasteiger partial charge in [-0.25, -0.2) is 0 Å². The predicted molar refractivity (Wildman–Crippen MR) is 82.0 cm³/mol. The molecule has 2 rings (SSSR count). The highest BCUT2D eigenvalue weighted by Gasteiger charge is 2.26. The van der Waals surface area contributed by atoms with E-state index in [2.05, 4.69) is 35.1 Å². The van der Waals surface area contributed by atoms with Crippen LogP contribution in [0.2, 0.25) is 0 Å². The molecule has 0 saturated heterocycles. The van der Waals surface area contributed by atoms with Gasteiger partial charge < -0.3 is 11.1 Å². The van der Waals surface area contributed by atoms with Gasteiger partial charge in [-0.05, 0) is 59.2 Å². The minimum Gasteiger partial charge on any atom is -0.398 e. The van der Waals surface area contributed by atoms with Crippen molar-refractivity contribution in [2.45, 2.75) is 39.2 Å². The third kappa shape index (κ3) is 3.30. The maximum absolute atomic E-state index is 12.3. The lowest BCUT2D eigenvalue weighted by Gasteiger charge is -2.32. The van der Waals surface area contributed by atoms with Crippen molar-refractivity contribution in [2.24, 2.45) is 11.8 Å². The lowest BCUT2D eigenvalue weighted by Crippen LogP contribution is -2.40. The Morgan fingerprint density at radius 2 is 2.05 bits per heavy atom. The van der Waals surface area contributed by atoms with Crippen molar-refractivity contribution in [1.82, 2.24) is 5.32 Å². The van der Waals surface area contributed by atoms with E-state index in [0.717, 1.165) is 18.8 Å². The van der Waals surface area contributed by atoms with E-state index < -0.39 is 0 Å². The fraction of sp³-hybridized carbons (Fsp3) is 0.533. The van der Waals surface area contributed by atoms with E-state index >= 15 is 0 Å². The summed E-state index contributed by atoms with van der Waals surface area (Å²) in [4.78, 5) is 12.3. The van der Waals surface area contributed by atoms with E-state index in [0.29, 0.717) is 21.6 Å². The van der Waals surface area contributed by atoms with Gasteiger partial charge in [-0.2, -0.15) is 0 Å². The van der Waals surface area contributed by atoms with Gasteiger partial charge in [0.25, 0.3) is 5.91 Å². The molecule has 1 amide bonds. The number of nitrogens with one attached hydrogen (secondary N) is 1. The first-order valence-electron chi connectivity index (χ1n) is 6.84. The lowest BCUT2D eigenvalue weighted by molar-refractivity contribution is 0.0910. The molecule has 1 aliphatic rings. The highest BCUT2D eigenvalue weighted by Crippen LogP contribution is 2.30. The molecule has 1 aromatic rings. The quantitative estimate of drug-likeness (QED) is 0.817. The maximum atomic E-state index is 12.3. The van der Waals surface area contributed by atoms with Gasteiger partial charge in [0.1, 0.15) is 0 Å². The van der Waals surface area contributed by atoms with Crippen LogP contribution in [0.3, 0.4) is 0 Å². The Morgan fingerprint density at radius 3 is 2.74 bits per heavy atom. The standard InChI is InChI=1S/C15H21BrN2O/c1-9-6-7-11(8-10(9)2)18-15(19)12-4-3-5-13(17)14(12)16/h3-5,9-11H,6-8,17H2,1-2H3,(H,18,19). The Bertz CT molecular complexity index is 475. The van der Waals surface area contributed by atoms with E-state index in [-0.39, 0.29) is 11.9 Å². The molecule has 0 aliphatic heterocycles. The van der Waals surface area contributed by atoms with Crippen LogP contribution in [0.1, 0.15) is 43.5 Å². The number of amides is 1. The Kier molecular flexibility index (Phi) is 4.50. The lowest BCUT2D eigenvalue weighted by atomic mass is 9.79. The third-order valence-electron chi connectivity index (χ3n) is 4.21. The average molecular weight is 325 g/mol. The molecule has 1 aliphatic carbocycles. The number of hydrogen-bond acceptors (Lipinski definition) is 2. The number of benzene rings is 1. The second kappa shape index (κ2) is 5.95. The number of anilines is 1. The van der Waals surface area contributed by atoms with Gasteiger partial charge >= 0.3 is 0 Å². The van der Waals surface area contributed by atoms with Gasteiger partial charge in [-0.15, -0.1) is 0 Å². The number of halogens is 1. The molecule has 3 N–H and O–H groups in total. The van der Waals surface area contributed by atoms with Crippen molar-refractivity contribution >= 4 is 27.5 Å². The molecule has 0 bridgehead atoms. The van der Waals surface area contributed by atoms with Crippen LogP contribution in [0.4, 0.5) is 5.69 Å². The number of carbonyl (C=O) groups excluding carboxylic acids is 1. The van der Waals surface area contributed by atoms with Crippen molar-refractivity contribution in [1.29, 1.82) is 0 Å². The number of rotatable bonds is 2. The maximum Gasteiger partial charge on any atom is 0.252 e. The van der Waals surface area contributed by atoms with Gasteiger partial charge in [0, 0.05) is 11.7 Å². The Hall–Kier alpha value is -1.03. The summed E-state index contributed by atoms with van der Waals surface area (Å²) >= 11 is 3.38. The molecule has 104 valence electrons. The molecule has 4 heteroatoms. The van der Waals surface area contributed by atoms with Crippen molar-refractivity contribution in [2.75, 3.05) is 5.73 Å². The van der Waals surface area contributed by atoms with Gasteiger partial charge in [0.2, 0.25) is 0 Å². The number of carbonyl (C=O) groups is 1. The second-order valence-electron chi connectivity index (χ2n) is 5.65. The molecular weight excluding hydrogens is 304 g/mol. The summed E-state index contributed by atoms with van der Waals surface area (Å²) in [6.07, 6.45) is 3.31. The fourth-order valence-electron chi connectivity index (χ4n) is 2.67. The smallest absolute Gasteiger partial charge is 0.252 e. The van der Waals surface area contributed by atoms with Crippen molar-refractivity contribution < 1.29 is 4.79 Å². The van der Waals surface area contributed by atoms with E-state index in [1.165, 1.54) is 6.42 Å². The summed E-state index contributed by atoms with van der Waals surface area (Å²) in [5.74, 6) is 1.39. The zero-order valence-corrected chi connectivity index (χ0v) is 13.0. The monoisotopic (exact) mass is 324 g/mol. The molecule has 1 fully saturated rings. The van der Waals surface area contributed by atoms with E-state index in [9.17, 15) is 4.79 Å². The average Bonchev–Trinajstić information content (AvgIpc) is 2.37. The van der Waals surface area contributed by atoms with Crippen LogP contribution in [0.25, 0.3) is 0 Å². The van der Waals surface area contributed by atoms with Gasteiger partial charge in [-0.1, -0.05) is 19.9 Å². The summed E-state index contributed by atoms with van der Waals surface area (Å²) in [5.41, 5.74) is 7.02. The molecule has 3 nitrogen and oxygen atoms in total. The van der Waals surface area contributed by atoms with E-state index in [1.54, 1.807) is 18.2 Å². The Morgan fingerprint density at radius 1 is 1.32 bits per heavy atom. The van der Waals surface area contributed by atoms with Gasteiger partial charge in [0.15, 0.2) is 0 Å². The first kappa shape index (κ1) is 14.4. The highest BCUT2D eigenvalue weighted by atomic mass is 79.9. The van der Waals surface area contributed by atoms with Crippen molar-refractivity contribution in [3.05, 3.63) is 28.2 Å². The van der Waals surface area contributed by atoms with Crippen LogP contribution in [-0.2, 0) is 0 Å². The van der Waals surface area contributed by atoms with Crippen LogP contribution < -0.4 is 11.1 Å². The minimum atomic E-state index is -0.0362. The number of nitrogen functional groups attached to an aromatic ring is 1. The van der Waals surface area contributed by atoms with Crippen molar-refractivity contribution in [3.63, 3.8) is 0 Å². The Balaban J connectivity index is 2.03. The molecule has 0 radical (unpaired) electrons. The number of nitrogens with two attached hydrogens (primary N) is 1. The van der Waals surface area contributed by atoms with Crippen LogP contribution in [0, 0.1) is 11.8 Å². The van der Waals surface area contributed by atoms with Crippen LogP contribution in [0.15, 0.2) is 22.7 Å². The molecular formula is C15H21BrN2O. The van der Waals surface area contributed by atoms with E-state index in [1.807, 2.05) is 0 Å². The molecule has 0 aromatic heterocycles. The van der Waals surface area contributed by atoms with Gasteiger partial charge in [0.05, 0.1) is 10.0 Å². The summed E-state index contributed by atoms with van der Waals surface area (Å²) in [6, 6.07) is 5.67. The SMILES string of the molecule is CC1CCC(NC(=O)c2cccc(N)c2Br)CC1C.